The van der Waals surface area contributed by atoms with Gasteiger partial charge in [0.15, 0.2) is 0 Å². The largest absolute Gasteiger partial charge is 0.317 e. The average Bonchev–Trinajstić information content (AvgIpc) is 3.24. The fourth-order valence-electron chi connectivity index (χ4n) is 3.82. The van der Waals surface area contributed by atoms with Crippen LogP contribution in [0.3, 0.4) is 0 Å². The van der Waals surface area contributed by atoms with E-state index in [0.29, 0.717) is 5.41 Å². The third-order valence-corrected chi connectivity index (χ3v) is 5.24. The van der Waals surface area contributed by atoms with E-state index in [1.807, 2.05) is 0 Å². The van der Waals surface area contributed by atoms with Crippen LogP contribution in [-0.2, 0) is 0 Å². The van der Waals surface area contributed by atoms with Gasteiger partial charge in [-0.1, -0.05) is 13.3 Å². The summed E-state index contributed by atoms with van der Waals surface area (Å²) in [6.45, 7) is 7.70. The Hall–Kier alpha value is -0.0800. The SMILES string of the molecule is CCCC1(CN(CC2CC2)C2CC2)CCNCC1. The second kappa shape index (κ2) is 5.50. The molecule has 0 aromatic rings. The molecular formula is C16H30N2. The highest BCUT2D eigenvalue weighted by atomic mass is 15.2. The Morgan fingerprint density at radius 3 is 2.39 bits per heavy atom. The summed E-state index contributed by atoms with van der Waals surface area (Å²) >= 11 is 0. The topological polar surface area (TPSA) is 15.3 Å². The fourth-order valence-corrected chi connectivity index (χ4v) is 3.82. The predicted octanol–water partition coefficient (Wildman–Crippen LogP) is 3.03. The Kier molecular flexibility index (Phi) is 3.95. The van der Waals surface area contributed by atoms with Crippen LogP contribution in [0.4, 0.5) is 0 Å². The lowest BCUT2D eigenvalue weighted by molar-refractivity contribution is 0.0925. The molecule has 0 aromatic carbocycles. The number of hydrogen-bond donors (Lipinski definition) is 1. The zero-order chi connectivity index (χ0) is 12.4. The van der Waals surface area contributed by atoms with Gasteiger partial charge in [0.25, 0.3) is 0 Å². The minimum atomic E-state index is 0.650. The first-order valence-electron chi connectivity index (χ1n) is 8.26. The van der Waals surface area contributed by atoms with Crippen LogP contribution in [0, 0.1) is 11.3 Å². The summed E-state index contributed by atoms with van der Waals surface area (Å²) in [4.78, 5) is 2.89. The molecule has 2 saturated carbocycles. The molecule has 3 fully saturated rings. The van der Waals surface area contributed by atoms with E-state index in [2.05, 4.69) is 17.1 Å². The summed E-state index contributed by atoms with van der Waals surface area (Å²) in [5, 5.41) is 3.55. The van der Waals surface area contributed by atoms with Gasteiger partial charge in [-0.2, -0.15) is 0 Å². The van der Waals surface area contributed by atoms with Crippen molar-refractivity contribution in [2.75, 3.05) is 26.2 Å². The maximum atomic E-state index is 3.55. The molecule has 1 heterocycles. The highest BCUT2D eigenvalue weighted by Gasteiger charge is 2.39. The van der Waals surface area contributed by atoms with E-state index >= 15 is 0 Å². The molecule has 2 heteroatoms. The van der Waals surface area contributed by atoms with Crippen molar-refractivity contribution in [3.63, 3.8) is 0 Å². The zero-order valence-electron chi connectivity index (χ0n) is 12.1. The maximum Gasteiger partial charge on any atom is 0.00967 e. The molecule has 3 aliphatic rings. The minimum absolute atomic E-state index is 0.650. The normalized spacial score (nSPS) is 27.7. The van der Waals surface area contributed by atoms with Gasteiger partial charge in [0.05, 0.1) is 0 Å². The van der Waals surface area contributed by atoms with Crippen LogP contribution in [0.25, 0.3) is 0 Å². The lowest BCUT2D eigenvalue weighted by atomic mass is 9.75. The molecule has 0 radical (unpaired) electrons. The van der Waals surface area contributed by atoms with Crippen molar-refractivity contribution >= 4 is 0 Å². The number of nitrogens with zero attached hydrogens (tertiary/aromatic N) is 1. The van der Waals surface area contributed by atoms with Gasteiger partial charge in [-0.05, 0) is 69.4 Å². The highest BCUT2D eigenvalue weighted by Crippen LogP contribution is 2.40. The molecule has 0 amide bonds. The molecular weight excluding hydrogens is 220 g/mol. The van der Waals surface area contributed by atoms with E-state index in [9.17, 15) is 0 Å². The van der Waals surface area contributed by atoms with Crippen molar-refractivity contribution < 1.29 is 0 Å². The molecule has 3 rings (SSSR count). The second-order valence-electron chi connectivity index (χ2n) is 7.10. The standard InChI is InChI=1S/C16H30N2/c1-2-7-16(8-10-17-11-9-16)13-18(15-5-6-15)12-14-3-4-14/h14-15,17H,2-13H2,1H3. The van der Waals surface area contributed by atoms with Crippen molar-refractivity contribution in [1.29, 1.82) is 0 Å². The highest BCUT2D eigenvalue weighted by molar-refractivity contribution is 4.94. The van der Waals surface area contributed by atoms with Crippen molar-refractivity contribution in [2.24, 2.45) is 11.3 Å². The lowest BCUT2D eigenvalue weighted by Gasteiger charge is -2.42. The monoisotopic (exact) mass is 250 g/mol. The van der Waals surface area contributed by atoms with Gasteiger partial charge in [-0.3, -0.25) is 4.90 Å². The molecule has 1 N–H and O–H groups in total. The second-order valence-corrected chi connectivity index (χ2v) is 7.10. The van der Waals surface area contributed by atoms with Gasteiger partial charge in [0, 0.05) is 19.1 Å². The maximum absolute atomic E-state index is 3.55. The molecule has 0 spiro atoms. The van der Waals surface area contributed by atoms with Gasteiger partial charge >= 0.3 is 0 Å². The summed E-state index contributed by atoms with van der Waals surface area (Å²) in [5.74, 6) is 1.06. The van der Waals surface area contributed by atoms with Crippen LogP contribution in [0.1, 0.15) is 58.3 Å². The van der Waals surface area contributed by atoms with Gasteiger partial charge in [-0.15, -0.1) is 0 Å². The zero-order valence-corrected chi connectivity index (χ0v) is 12.1. The Bertz CT molecular complexity index is 257. The predicted molar refractivity (Wildman–Crippen MR) is 76.8 cm³/mol. The van der Waals surface area contributed by atoms with E-state index in [1.54, 1.807) is 0 Å². The van der Waals surface area contributed by atoms with E-state index in [4.69, 9.17) is 0 Å². The first kappa shape index (κ1) is 12.9. The van der Waals surface area contributed by atoms with E-state index in [1.165, 1.54) is 77.5 Å². The van der Waals surface area contributed by atoms with Crippen LogP contribution in [0.2, 0.25) is 0 Å². The molecule has 0 aromatic heterocycles. The molecule has 2 aliphatic carbocycles. The quantitative estimate of drug-likeness (QED) is 0.747. The van der Waals surface area contributed by atoms with Crippen molar-refractivity contribution in [3.8, 4) is 0 Å². The smallest absolute Gasteiger partial charge is 0.00967 e. The van der Waals surface area contributed by atoms with Crippen LogP contribution in [-0.4, -0.2) is 37.1 Å². The summed E-state index contributed by atoms with van der Waals surface area (Å²) in [6.07, 6.45) is 11.6. The molecule has 1 aliphatic heterocycles. The molecule has 0 bridgehead atoms. The van der Waals surface area contributed by atoms with Gasteiger partial charge in [0.1, 0.15) is 0 Å². The third kappa shape index (κ3) is 3.27. The summed E-state index contributed by atoms with van der Waals surface area (Å²) in [5.41, 5.74) is 0.650. The Balaban J connectivity index is 1.61. The number of nitrogens with one attached hydrogen (secondary N) is 1. The molecule has 1 saturated heterocycles. The Morgan fingerprint density at radius 1 is 1.11 bits per heavy atom. The summed E-state index contributed by atoms with van der Waals surface area (Å²) in [7, 11) is 0. The van der Waals surface area contributed by atoms with E-state index < -0.39 is 0 Å². The molecule has 0 unspecified atom stereocenters. The summed E-state index contributed by atoms with van der Waals surface area (Å²) in [6, 6.07) is 0.967. The molecule has 2 nitrogen and oxygen atoms in total. The van der Waals surface area contributed by atoms with Gasteiger partial charge in [0.2, 0.25) is 0 Å². The Labute approximate surface area is 113 Å². The van der Waals surface area contributed by atoms with Crippen LogP contribution in [0.15, 0.2) is 0 Å². The minimum Gasteiger partial charge on any atom is -0.317 e. The lowest BCUT2D eigenvalue weighted by Crippen LogP contribution is -2.46. The number of rotatable bonds is 7. The number of piperidine rings is 1. The Morgan fingerprint density at radius 2 is 1.83 bits per heavy atom. The molecule has 104 valence electrons. The average molecular weight is 250 g/mol. The van der Waals surface area contributed by atoms with E-state index in [-0.39, 0.29) is 0 Å². The molecule has 18 heavy (non-hydrogen) atoms. The third-order valence-electron chi connectivity index (χ3n) is 5.24. The van der Waals surface area contributed by atoms with Crippen molar-refractivity contribution in [1.82, 2.24) is 10.2 Å². The van der Waals surface area contributed by atoms with Gasteiger partial charge in [-0.25, -0.2) is 0 Å². The van der Waals surface area contributed by atoms with Crippen molar-refractivity contribution in [2.45, 2.75) is 64.3 Å². The fraction of sp³-hybridized carbons (Fsp3) is 1.00. The first-order chi connectivity index (χ1) is 8.81. The van der Waals surface area contributed by atoms with Crippen LogP contribution >= 0.6 is 0 Å². The van der Waals surface area contributed by atoms with Crippen LogP contribution in [0.5, 0.6) is 0 Å². The van der Waals surface area contributed by atoms with E-state index in [0.717, 1.165) is 12.0 Å². The van der Waals surface area contributed by atoms with Crippen LogP contribution < -0.4 is 5.32 Å². The first-order valence-corrected chi connectivity index (χ1v) is 8.26. The van der Waals surface area contributed by atoms with Crippen molar-refractivity contribution in [3.05, 3.63) is 0 Å². The van der Waals surface area contributed by atoms with Gasteiger partial charge < -0.3 is 5.32 Å². The number of hydrogen-bond acceptors (Lipinski definition) is 2. The molecule has 0 atom stereocenters. The summed E-state index contributed by atoms with van der Waals surface area (Å²) < 4.78 is 0.